The van der Waals surface area contributed by atoms with E-state index in [-0.39, 0.29) is 36.6 Å². The summed E-state index contributed by atoms with van der Waals surface area (Å²) in [6.45, 7) is 2.40. The molecule has 5 nitrogen and oxygen atoms in total. The summed E-state index contributed by atoms with van der Waals surface area (Å²) in [5.41, 5.74) is 2.03. The molecule has 22 heavy (non-hydrogen) atoms. The van der Waals surface area contributed by atoms with E-state index in [0.29, 0.717) is 12.5 Å². The number of hydrogen-bond donors (Lipinski definition) is 2. The van der Waals surface area contributed by atoms with Gasteiger partial charge in [-0.3, -0.25) is 4.79 Å². The first-order valence-corrected chi connectivity index (χ1v) is 6.84. The molecule has 0 radical (unpaired) electrons. The van der Waals surface area contributed by atoms with Crippen molar-refractivity contribution in [2.75, 3.05) is 19.6 Å². The third-order valence-corrected chi connectivity index (χ3v) is 4.03. The Balaban J connectivity index is 0.00000121. The van der Waals surface area contributed by atoms with E-state index in [1.165, 1.54) is 17.7 Å². The van der Waals surface area contributed by atoms with E-state index < -0.39 is 5.97 Å². The number of carboxylic acids is 1. The van der Waals surface area contributed by atoms with Gasteiger partial charge in [0.25, 0.3) is 0 Å². The number of halogens is 1. The summed E-state index contributed by atoms with van der Waals surface area (Å²) in [7, 11) is 0. The molecule has 7 heteroatoms. The first-order chi connectivity index (χ1) is 9.63. The molecule has 1 unspecified atom stereocenters. The van der Waals surface area contributed by atoms with Crippen LogP contribution in [0.25, 0.3) is 10.9 Å². The zero-order valence-electron chi connectivity index (χ0n) is 12.6. The molecule has 114 valence electrons. The van der Waals surface area contributed by atoms with E-state index in [0.717, 1.165) is 30.4 Å². The van der Waals surface area contributed by atoms with Crippen LogP contribution in [0, 0.1) is 5.82 Å². The molecule has 0 saturated carbocycles. The second-order valence-electron chi connectivity index (χ2n) is 5.36. The summed E-state index contributed by atoms with van der Waals surface area (Å²) >= 11 is 0. The second-order valence-corrected chi connectivity index (χ2v) is 5.36. The Bertz CT molecular complexity index is 647. The van der Waals surface area contributed by atoms with Crippen LogP contribution in [0.3, 0.4) is 0 Å². The molecule has 1 saturated heterocycles. The maximum Gasteiger partial charge on any atom is 1.00 e. The fourth-order valence-corrected chi connectivity index (χ4v) is 3.00. The number of benzene rings is 1. The van der Waals surface area contributed by atoms with Gasteiger partial charge in [-0.25, -0.2) is 4.39 Å². The number of likely N-dealkylation sites (tertiary alicyclic amines) is 1. The number of aliphatic carboxylic acids is 1. The maximum absolute atomic E-state index is 13.2. The minimum absolute atomic E-state index is 0. The van der Waals surface area contributed by atoms with Crippen LogP contribution >= 0.6 is 0 Å². The molecule has 2 heterocycles. The van der Waals surface area contributed by atoms with Crippen molar-refractivity contribution in [2.45, 2.75) is 18.8 Å². The predicted octanol–water partition coefficient (Wildman–Crippen LogP) is -0.602. The van der Waals surface area contributed by atoms with Crippen molar-refractivity contribution in [1.82, 2.24) is 9.88 Å². The van der Waals surface area contributed by atoms with E-state index >= 15 is 0 Å². The number of fused-ring (bicyclic) bond motifs is 1. The van der Waals surface area contributed by atoms with Gasteiger partial charge in [-0.05, 0) is 42.6 Å². The van der Waals surface area contributed by atoms with Crippen LogP contribution in [0.4, 0.5) is 4.39 Å². The van der Waals surface area contributed by atoms with Gasteiger partial charge < -0.3 is 20.5 Å². The summed E-state index contributed by atoms with van der Waals surface area (Å²) in [4.78, 5) is 15.9. The molecule has 1 fully saturated rings. The molecule has 0 bridgehead atoms. The van der Waals surface area contributed by atoms with Crippen molar-refractivity contribution in [2.24, 2.45) is 0 Å². The Labute approximate surface area is 140 Å². The molecule has 3 N–H and O–H groups in total. The van der Waals surface area contributed by atoms with Gasteiger partial charge in [-0.15, -0.1) is 0 Å². The van der Waals surface area contributed by atoms with Crippen LogP contribution in [0.1, 0.15) is 24.3 Å². The van der Waals surface area contributed by atoms with Crippen molar-refractivity contribution in [3.05, 3.63) is 35.8 Å². The van der Waals surface area contributed by atoms with Crippen molar-refractivity contribution >= 4 is 16.9 Å². The van der Waals surface area contributed by atoms with Gasteiger partial charge in [0, 0.05) is 30.2 Å². The molecule has 1 atom stereocenters. The first-order valence-electron chi connectivity index (χ1n) is 6.84. The molecule has 0 spiro atoms. The largest absolute Gasteiger partial charge is 1.00 e. The van der Waals surface area contributed by atoms with Gasteiger partial charge in [0.05, 0.1) is 6.42 Å². The van der Waals surface area contributed by atoms with Crippen LogP contribution in [0.2, 0.25) is 0 Å². The van der Waals surface area contributed by atoms with Gasteiger partial charge in [0.15, 0.2) is 0 Å². The molecule has 0 amide bonds. The van der Waals surface area contributed by atoms with Crippen molar-refractivity contribution in [3.8, 4) is 0 Å². The number of nitrogens with zero attached hydrogens (tertiary/aromatic N) is 1. The smallest absolute Gasteiger partial charge is 0.870 e. The Morgan fingerprint density at radius 1 is 1.45 bits per heavy atom. The molecular weight excluding hydrogens is 282 g/mol. The number of hydrogen-bond acceptors (Lipinski definition) is 3. The summed E-state index contributed by atoms with van der Waals surface area (Å²) < 4.78 is 13.2. The van der Waals surface area contributed by atoms with Gasteiger partial charge >= 0.3 is 24.8 Å². The minimum atomic E-state index is -0.754. The fraction of sp³-hybridized carbons (Fsp3) is 0.400. The van der Waals surface area contributed by atoms with Gasteiger partial charge in [-0.2, -0.15) is 0 Å². The van der Waals surface area contributed by atoms with E-state index in [4.69, 9.17) is 5.11 Å². The molecule has 1 aliphatic rings. The fourth-order valence-electron chi connectivity index (χ4n) is 3.00. The van der Waals surface area contributed by atoms with Crippen LogP contribution in [0.15, 0.2) is 24.4 Å². The van der Waals surface area contributed by atoms with E-state index in [2.05, 4.69) is 9.88 Å². The number of carboxylic acid groups (broad SMARTS) is 1. The average molecular weight is 300 g/mol. The first kappa shape index (κ1) is 18.7. The minimum Gasteiger partial charge on any atom is -0.870 e. The normalized spacial score (nSPS) is 18.0. The zero-order valence-corrected chi connectivity index (χ0v) is 12.6. The van der Waals surface area contributed by atoms with E-state index in [9.17, 15) is 9.18 Å². The summed E-state index contributed by atoms with van der Waals surface area (Å²) in [5.74, 6) is -0.598. The van der Waals surface area contributed by atoms with E-state index in [1.54, 1.807) is 0 Å². The van der Waals surface area contributed by atoms with Crippen molar-refractivity contribution in [3.63, 3.8) is 0 Å². The number of aromatic nitrogens is 1. The quantitative estimate of drug-likeness (QED) is 0.738. The molecule has 0 aliphatic carbocycles. The van der Waals surface area contributed by atoms with Crippen LogP contribution in [-0.4, -0.2) is 46.1 Å². The van der Waals surface area contributed by atoms with Crippen molar-refractivity contribution in [1.29, 1.82) is 0 Å². The van der Waals surface area contributed by atoms with Gasteiger partial charge in [0.1, 0.15) is 5.82 Å². The molecule has 1 aromatic carbocycles. The Morgan fingerprint density at radius 3 is 2.95 bits per heavy atom. The number of rotatable bonds is 4. The van der Waals surface area contributed by atoms with Crippen LogP contribution < -0.4 is 18.9 Å². The summed E-state index contributed by atoms with van der Waals surface area (Å²) in [5, 5.41) is 9.79. The number of carbonyl (C=O) groups is 1. The Hall–Kier alpha value is -1.32. The molecule has 3 rings (SSSR count). The predicted molar refractivity (Wildman–Crippen MR) is 76.2 cm³/mol. The van der Waals surface area contributed by atoms with Gasteiger partial charge in [0.2, 0.25) is 0 Å². The topological polar surface area (TPSA) is 86.3 Å². The van der Waals surface area contributed by atoms with Crippen molar-refractivity contribution < 1.29 is 38.6 Å². The number of nitrogens with one attached hydrogen (secondary N) is 1. The number of aromatic amines is 1. The Morgan fingerprint density at radius 2 is 2.23 bits per heavy atom. The Kier molecular flexibility index (Phi) is 6.63. The maximum atomic E-state index is 13.2. The van der Waals surface area contributed by atoms with Gasteiger partial charge in [-0.1, -0.05) is 0 Å². The monoisotopic (exact) mass is 300 g/mol. The molecule has 1 aromatic heterocycles. The van der Waals surface area contributed by atoms with E-state index in [1.807, 2.05) is 12.3 Å². The SMILES string of the molecule is O=C(O)CCN1CCC(c2c[nH]c3cc(F)ccc23)C1.[Li+].[OH-]. The van der Waals surface area contributed by atoms with Crippen LogP contribution in [-0.2, 0) is 4.79 Å². The standard InChI is InChI=1S/C15H17FN2O2.Li.H2O/c16-11-1-2-12-13(8-17-14(12)7-11)10-3-5-18(9-10)6-4-15(19)20;;/h1-2,7-8,10,17H,3-6,9H2,(H,19,20);;1H2/q;+1;/p-1. The zero-order chi connectivity index (χ0) is 14.1. The third-order valence-electron chi connectivity index (χ3n) is 4.03. The summed E-state index contributed by atoms with van der Waals surface area (Å²) in [6.07, 6.45) is 3.16. The number of H-pyrrole nitrogens is 1. The third kappa shape index (κ3) is 3.90. The molecular formula is C15H18FLiN2O3. The summed E-state index contributed by atoms with van der Waals surface area (Å²) in [6, 6.07) is 4.81. The van der Waals surface area contributed by atoms with Crippen LogP contribution in [0.5, 0.6) is 0 Å². The average Bonchev–Trinajstić information content (AvgIpc) is 3.01. The molecule has 2 aromatic rings. The second kappa shape index (κ2) is 7.79. The molecule has 1 aliphatic heterocycles.